The number of thiophene rings is 1. The van der Waals surface area contributed by atoms with E-state index in [1.807, 2.05) is 31.2 Å². The molecular formula is C15H12OS. The largest absolute Gasteiger partial charge is 0.507 e. The molecule has 2 aromatic carbocycles. The number of rotatable bonds is 1. The summed E-state index contributed by atoms with van der Waals surface area (Å²) in [5.41, 5.74) is 3.56. The van der Waals surface area contributed by atoms with Crippen LogP contribution in [-0.2, 0) is 0 Å². The molecule has 0 atom stereocenters. The van der Waals surface area contributed by atoms with Gasteiger partial charge in [-0.1, -0.05) is 24.3 Å². The number of hydrogen-bond donors (Lipinski definition) is 1. The van der Waals surface area contributed by atoms with Gasteiger partial charge in [0.15, 0.2) is 0 Å². The van der Waals surface area contributed by atoms with Gasteiger partial charge >= 0.3 is 0 Å². The second kappa shape index (κ2) is 3.90. The lowest BCUT2D eigenvalue weighted by Crippen LogP contribution is -1.85. The molecule has 17 heavy (non-hydrogen) atoms. The molecule has 0 bridgehead atoms. The van der Waals surface area contributed by atoms with E-state index in [4.69, 9.17) is 0 Å². The smallest absolute Gasteiger partial charge is 0.123 e. The maximum atomic E-state index is 9.98. The summed E-state index contributed by atoms with van der Waals surface area (Å²) in [5.74, 6) is 0.358. The molecular weight excluding hydrogens is 228 g/mol. The highest BCUT2D eigenvalue weighted by atomic mass is 32.1. The fourth-order valence-electron chi connectivity index (χ4n) is 2.28. The van der Waals surface area contributed by atoms with Gasteiger partial charge in [0.1, 0.15) is 5.75 Å². The fourth-order valence-corrected chi connectivity index (χ4v) is 2.93. The Bertz CT molecular complexity index is 669. The Kier molecular flexibility index (Phi) is 2.37. The van der Waals surface area contributed by atoms with Crippen molar-refractivity contribution in [1.29, 1.82) is 0 Å². The standard InChI is InChI=1S/C15H12OS/c1-10-8-14(16)12-4-2-3-5-13(12)15(10)11-6-7-17-9-11/h2-9,16H,1H3. The van der Waals surface area contributed by atoms with Crippen molar-refractivity contribution >= 4 is 22.1 Å². The van der Waals surface area contributed by atoms with Crippen LogP contribution in [0, 0.1) is 6.92 Å². The van der Waals surface area contributed by atoms with Crippen molar-refractivity contribution in [2.45, 2.75) is 6.92 Å². The fraction of sp³-hybridized carbons (Fsp3) is 0.0667. The minimum atomic E-state index is 0.358. The highest BCUT2D eigenvalue weighted by molar-refractivity contribution is 7.08. The first-order valence-electron chi connectivity index (χ1n) is 5.51. The molecule has 0 aliphatic rings. The van der Waals surface area contributed by atoms with Crippen LogP contribution in [0.15, 0.2) is 47.2 Å². The third-order valence-corrected chi connectivity index (χ3v) is 3.71. The van der Waals surface area contributed by atoms with E-state index in [0.717, 1.165) is 16.3 Å². The van der Waals surface area contributed by atoms with Gasteiger partial charge < -0.3 is 5.11 Å². The maximum absolute atomic E-state index is 9.98. The summed E-state index contributed by atoms with van der Waals surface area (Å²) in [7, 11) is 0. The topological polar surface area (TPSA) is 20.2 Å². The Labute approximate surface area is 104 Å². The number of benzene rings is 2. The van der Waals surface area contributed by atoms with Crippen molar-refractivity contribution in [3.63, 3.8) is 0 Å². The quantitative estimate of drug-likeness (QED) is 0.660. The first-order valence-corrected chi connectivity index (χ1v) is 6.45. The maximum Gasteiger partial charge on any atom is 0.123 e. The summed E-state index contributed by atoms with van der Waals surface area (Å²) in [5, 5.41) is 16.2. The highest BCUT2D eigenvalue weighted by Gasteiger charge is 2.10. The van der Waals surface area contributed by atoms with Crippen molar-refractivity contribution in [2.24, 2.45) is 0 Å². The van der Waals surface area contributed by atoms with Gasteiger partial charge in [-0.2, -0.15) is 11.3 Å². The number of phenols is 1. The molecule has 3 aromatic rings. The van der Waals surface area contributed by atoms with E-state index in [1.165, 1.54) is 11.1 Å². The summed E-state index contributed by atoms with van der Waals surface area (Å²) in [6, 6.07) is 12.0. The van der Waals surface area contributed by atoms with E-state index in [2.05, 4.69) is 22.9 Å². The van der Waals surface area contributed by atoms with Gasteiger partial charge in [0, 0.05) is 5.39 Å². The molecule has 0 saturated heterocycles. The normalized spacial score (nSPS) is 10.9. The van der Waals surface area contributed by atoms with Gasteiger partial charge in [-0.15, -0.1) is 0 Å². The summed E-state index contributed by atoms with van der Waals surface area (Å²) in [6.07, 6.45) is 0. The first-order chi connectivity index (χ1) is 8.27. The zero-order valence-corrected chi connectivity index (χ0v) is 10.3. The van der Waals surface area contributed by atoms with Crippen LogP contribution in [0.3, 0.4) is 0 Å². The molecule has 0 spiro atoms. The SMILES string of the molecule is Cc1cc(O)c2ccccc2c1-c1ccsc1. The van der Waals surface area contributed by atoms with Gasteiger partial charge in [0.05, 0.1) is 0 Å². The van der Waals surface area contributed by atoms with Crippen LogP contribution in [0.1, 0.15) is 5.56 Å². The average Bonchev–Trinajstić information content (AvgIpc) is 2.83. The first kappa shape index (κ1) is 10.4. The zero-order valence-electron chi connectivity index (χ0n) is 9.47. The Morgan fingerprint density at radius 1 is 1.06 bits per heavy atom. The van der Waals surface area contributed by atoms with E-state index in [0.29, 0.717) is 5.75 Å². The Morgan fingerprint density at radius 2 is 1.82 bits per heavy atom. The third kappa shape index (κ3) is 1.61. The molecule has 1 N–H and O–H groups in total. The number of hydrogen-bond acceptors (Lipinski definition) is 2. The molecule has 0 unspecified atom stereocenters. The highest BCUT2D eigenvalue weighted by Crippen LogP contribution is 2.37. The molecule has 1 nitrogen and oxygen atoms in total. The van der Waals surface area contributed by atoms with Crippen LogP contribution in [0.4, 0.5) is 0 Å². The minimum absolute atomic E-state index is 0.358. The van der Waals surface area contributed by atoms with Crippen LogP contribution >= 0.6 is 11.3 Å². The lowest BCUT2D eigenvalue weighted by Gasteiger charge is -2.10. The van der Waals surface area contributed by atoms with E-state index in [-0.39, 0.29) is 0 Å². The third-order valence-electron chi connectivity index (χ3n) is 3.03. The molecule has 0 aliphatic carbocycles. The second-order valence-electron chi connectivity index (χ2n) is 4.15. The van der Waals surface area contributed by atoms with Crippen molar-refractivity contribution in [2.75, 3.05) is 0 Å². The molecule has 2 heteroatoms. The van der Waals surface area contributed by atoms with E-state index < -0.39 is 0 Å². The van der Waals surface area contributed by atoms with Crippen molar-refractivity contribution < 1.29 is 5.11 Å². The van der Waals surface area contributed by atoms with Gasteiger partial charge in [-0.05, 0) is 51.9 Å². The van der Waals surface area contributed by atoms with Crippen molar-refractivity contribution in [3.05, 3.63) is 52.7 Å². The zero-order chi connectivity index (χ0) is 11.8. The molecule has 3 rings (SSSR count). The molecule has 0 fully saturated rings. The minimum Gasteiger partial charge on any atom is -0.507 e. The van der Waals surface area contributed by atoms with Crippen LogP contribution in [0.5, 0.6) is 5.75 Å². The van der Waals surface area contributed by atoms with E-state index in [9.17, 15) is 5.11 Å². The Balaban J connectivity index is 2.45. The Morgan fingerprint density at radius 3 is 2.53 bits per heavy atom. The van der Waals surface area contributed by atoms with Crippen molar-refractivity contribution in [3.8, 4) is 16.9 Å². The lowest BCUT2D eigenvalue weighted by molar-refractivity contribution is 0.481. The molecule has 1 heterocycles. The molecule has 84 valence electrons. The summed E-state index contributed by atoms with van der Waals surface area (Å²) in [6.45, 7) is 2.04. The molecule has 0 amide bonds. The number of aryl methyl sites for hydroxylation is 1. The van der Waals surface area contributed by atoms with Crippen molar-refractivity contribution in [1.82, 2.24) is 0 Å². The van der Waals surface area contributed by atoms with Gasteiger partial charge in [0.2, 0.25) is 0 Å². The molecule has 0 radical (unpaired) electrons. The predicted molar refractivity (Wildman–Crippen MR) is 73.7 cm³/mol. The molecule has 1 aromatic heterocycles. The number of aromatic hydroxyl groups is 1. The summed E-state index contributed by atoms with van der Waals surface area (Å²) in [4.78, 5) is 0. The summed E-state index contributed by atoms with van der Waals surface area (Å²) < 4.78 is 0. The molecule has 0 saturated carbocycles. The van der Waals surface area contributed by atoms with Gasteiger partial charge in [-0.25, -0.2) is 0 Å². The second-order valence-corrected chi connectivity index (χ2v) is 4.93. The molecule has 0 aliphatic heterocycles. The van der Waals surface area contributed by atoms with Gasteiger partial charge in [-0.3, -0.25) is 0 Å². The van der Waals surface area contributed by atoms with Crippen LogP contribution < -0.4 is 0 Å². The van der Waals surface area contributed by atoms with E-state index >= 15 is 0 Å². The van der Waals surface area contributed by atoms with E-state index in [1.54, 1.807) is 11.3 Å². The van der Waals surface area contributed by atoms with Crippen LogP contribution in [0.25, 0.3) is 21.9 Å². The Hall–Kier alpha value is -1.80. The number of fused-ring (bicyclic) bond motifs is 1. The predicted octanol–water partition coefficient (Wildman–Crippen LogP) is 4.58. The summed E-state index contributed by atoms with van der Waals surface area (Å²) >= 11 is 1.69. The monoisotopic (exact) mass is 240 g/mol. The van der Waals surface area contributed by atoms with Crippen LogP contribution in [-0.4, -0.2) is 5.11 Å². The van der Waals surface area contributed by atoms with Gasteiger partial charge in [0.25, 0.3) is 0 Å². The average molecular weight is 240 g/mol. The van der Waals surface area contributed by atoms with Crippen LogP contribution in [0.2, 0.25) is 0 Å². The lowest BCUT2D eigenvalue weighted by atomic mass is 9.95. The number of phenolic OH excluding ortho intramolecular Hbond substituents is 1.